The van der Waals surface area contributed by atoms with Gasteiger partial charge >= 0.3 is 6.09 Å². The molecule has 0 atom stereocenters. The van der Waals surface area contributed by atoms with E-state index in [0.29, 0.717) is 10.4 Å². The van der Waals surface area contributed by atoms with Crippen LogP contribution in [0.1, 0.15) is 15.2 Å². The minimum Gasteiger partial charge on any atom is -0.448 e. The number of hydrogen-bond donors (Lipinski definition) is 2. The molecule has 0 unspecified atom stereocenters. The molecule has 1 aromatic heterocycles. The zero-order valence-electron chi connectivity index (χ0n) is 11.0. The van der Waals surface area contributed by atoms with Gasteiger partial charge in [-0.05, 0) is 23.1 Å². The van der Waals surface area contributed by atoms with Crippen LogP contribution in [0.4, 0.5) is 9.18 Å². The van der Waals surface area contributed by atoms with Gasteiger partial charge in [-0.1, -0.05) is 24.3 Å². The van der Waals surface area contributed by atoms with Gasteiger partial charge in [0.1, 0.15) is 5.82 Å². The van der Waals surface area contributed by atoms with E-state index in [-0.39, 0.29) is 18.8 Å². The summed E-state index contributed by atoms with van der Waals surface area (Å²) >= 11 is 1.25. The lowest BCUT2D eigenvalue weighted by atomic mass is 10.1. The van der Waals surface area contributed by atoms with Gasteiger partial charge in [0.2, 0.25) is 0 Å². The van der Waals surface area contributed by atoms with E-state index in [0.717, 1.165) is 0 Å². The van der Waals surface area contributed by atoms with Crippen LogP contribution in [0.2, 0.25) is 0 Å². The summed E-state index contributed by atoms with van der Waals surface area (Å²) in [5, 5.41) is 1.75. The molecular formula is C14H13FN2O3S. The van der Waals surface area contributed by atoms with E-state index in [2.05, 4.69) is 10.9 Å². The third-order valence-electron chi connectivity index (χ3n) is 2.59. The van der Waals surface area contributed by atoms with E-state index >= 15 is 0 Å². The van der Waals surface area contributed by atoms with Crippen molar-refractivity contribution in [2.24, 2.45) is 0 Å². The number of benzene rings is 1. The van der Waals surface area contributed by atoms with Gasteiger partial charge in [0.05, 0.1) is 11.5 Å². The van der Waals surface area contributed by atoms with Crippen molar-refractivity contribution in [3.05, 3.63) is 58.0 Å². The third-order valence-corrected chi connectivity index (χ3v) is 3.45. The molecule has 110 valence electrons. The van der Waals surface area contributed by atoms with Gasteiger partial charge in [-0.25, -0.2) is 14.6 Å². The van der Waals surface area contributed by atoms with E-state index in [9.17, 15) is 14.0 Å². The Labute approximate surface area is 124 Å². The highest BCUT2D eigenvalue weighted by molar-refractivity contribution is 7.12. The van der Waals surface area contributed by atoms with E-state index in [1.165, 1.54) is 17.4 Å². The molecule has 2 rings (SSSR count). The molecule has 5 nitrogen and oxygen atoms in total. The molecule has 1 heterocycles. The van der Waals surface area contributed by atoms with E-state index in [1.54, 1.807) is 35.7 Å². The molecule has 0 saturated carbocycles. The van der Waals surface area contributed by atoms with Crippen molar-refractivity contribution in [1.82, 2.24) is 10.9 Å². The van der Waals surface area contributed by atoms with Crippen molar-refractivity contribution in [3.63, 3.8) is 0 Å². The van der Waals surface area contributed by atoms with Crippen molar-refractivity contribution < 1.29 is 18.7 Å². The average molecular weight is 308 g/mol. The highest BCUT2D eigenvalue weighted by Crippen LogP contribution is 2.08. The Morgan fingerprint density at radius 1 is 1.14 bits per heavy atom. The molecule has 0 fully saturated rings. The molecule has 21 heavy (non-hydrogen) atoms. The Kier molecular flexibility index (Phi) is 5.28. The lowest BCUT2D eigenvalue weighted by molar-refractivity contribution is 0.0914. The Morgan fingerprint density at radius 2 is 1.95 bits per heavy atom. The molecule has 0 bridgehead atoms. The van der Waals surface area contributed by atoms with Crippen LogP contribution in [0.5, 0.6) is 0 Å². The predicted octanol–water partition coefficient (Wildman–Crippen LogP) is 2.50. The van der Waals surface area contributed by atoms with E-state index < -0.39 is 12.0 Å². The summed E-state index contributed by atoms with van der Waals surface area (Å²) < 4.78 is 18.2. The zero-order chi connectivity index (χ0) is 15.1. The Morgan fingerprint density at radius 3 is 2.67 bits per heavy atom. The maximum Gasteiger partial charge on any atom is 0.426 e. The van der Waals surface area contributed by atoms with E-state index in [1.807, 2.05) is 0 Å². The number of ether oxygens (including phenoxy) is 1. The molecule has 0 aliphatic heterocycles. The van der Waals surface area contributed by atoms with Crippen LogP contribution in [0.25, 0.3) is 0 Å². The molecule has 0 aliphatic carbocycles. The quantitative estimate of drug-likeness (QED) is 0.853. The molecule has 2 aromatic rings. The number of carbonyl (C=O) groups excluding carboxylic acids is 2. The first kappa shape index (κ1) is 15.0. The van der Waals surface area contributed by atoms with Gasteiger partial charge in [0.25, 0.3) is 5.91 Å². The highest BCUT2D eigenvalue weighted by Gasteiger charge is 2.08. The van der Waals surface area contributed by atoms with Gasteiger partial charge in [-0.2, -0.15) is 0 Å². The molecule has 0 aliphatic rings. The first-order chi connectivity index (χ1) is 10.2. The largest absolute Gasteiger partial charge is 0.448 e. The van der Waals surface area contributed by atoms with Gasteiger partial charge in [-0.3, -0.25) is 10.2 Å². The van der Waals surface area contributed by atoms with Gasteiger partial charge in [0, 0.05) is 6.42 Å². The maximum atomic E-state index is 13.3. The number of halogens is 1. The number of carbonyl (C=O) groups is 2. The molecule has 0 saturated heterocycles. The first-order valence-corrected chi connectivity index (χ1v) is 7.05. The molecule has 2 amide bonds. The summed E-state index contributed by atoms with van der Waals surface area (Å²) in [6, 6.07) is 9.62. The zero-order valence-corrected chi connectivity index (χ0v) is 11.8. The van der Waals surface area contributed by atoms with Gasteiger partial charge in [-0.15, -0.1) is 11.3 Å². The molecule has 0 radical (unpaired) electrons. The van der Waals surface area contributed by atoms with Crippen molar-refractivity contribution >= 4 is 23.3 Å². The van der Waals surface area contributed by atoms with Crippen molar-refractivity contribution in [1.29, 1.82) is 0 Å². The summed E-state index contributed by atoms with van der Waals surface area (Å²) in [5.74, 6) is -0.761. The van der Waals surface area contributed by atoms with Gasteiger partial charge in [0.15, 0.2) is 0 Å². The Balaban J connectivity index is 1.68. The van der Waals surface area contributed by atoms with E-state index in [4.69, 9.17) is 4.74 Å². The summed E-state index contributed by atoms with van der Waals surface area (Å²) in [6.45, 7) is 0.0155. The van der Waals surface area contributed by atoms with Crippen molar-refractivity contribution in [2.75, 3.05) is 6.61 Å². The molecule has 2 N–H and O–H groups in total. The first-order valence-electron chi connectivity index (χ1n) is 6.17. The maximum absolute atomic E-state index is 13.3. The minimum atomic E-state index is -0.795. The second-order valence-electron chi connectivity index (χ2n) is 4.03. The molecular weight excluding hydrogens is 295 g/mol. The number of rotatable bonds is 4. The fourth-order valence-electron chi connectivity index (χ4n) is 1.57. The van der Waals surface area contributed by atoms with Crippen LogP contribution in [0.3, 0.4) is 0 Å². The summed E-state index contributed by atoms with van der Waals surface area (Å²) in [4.78, 5) is 23.4. The van der Waals surface area contributed by atoms with Crippen LogP contribution < -0.4 is 10.9 Å². The fourth-order valence-corrected chi connectivity index (χ4v) is 2.19. The minimum absolute atomic E-state index is 0.0155. The second-order valence-corrected chi connectivity index (χ2v) is 4.98. The highest BCUT2D eigenvalue weighted by atomic mass is 32.1. The monoisotopic (exact) mass is 308 g/mol. The Hall–Kier alpha value is -2.41. The number of amides is 2. The third kappa shape index (κ3) is 4.57. The van der Waals surface area contributed by atoms with Crippen LogP contribution in [0, 0.1) is 5.82 Å². The van der Waals surface area contributed by atoms with Crippen LogP contribution >= 0.6 is 11.3 Å². The van der Waals surface area contributed by atoms with Crippen molar-refractivity contribution in [2.45, 2.75) is 6.42 Å². The number of nitrogens with one attached hydrogen (secondary N) is 2. The average Bonchev–Trinajstić information content (AvgIpc) is 3.01. The lowest BCUT2D eigenvalue weighted by Gasteiger charge is -2.08. The molecule has 0 spiro atoms. The van der Waals surface area contributed by atoms with Gasteiger partial charge < -0.3 is 4.74 Å². The normalized spacial score (nSPS) is 9.95. The lowest BCUT2D eigenvalue weighted by Crippen LogP contribution is -2.41. The van der Waals surface area contributed by atoms with Crippen LogP contribution in [0.15, 0.2) is 41.8 Å². The van der Waals surface area contributed by atoms with Crippen LogP contribution in [-0.4, -0.2) is 18.6 Å². The number of hydrogen-bond acceptors (Lipinski definition) is 4. The standard InChI is InChI=1S/C14H13FN2O3S/c15-11-5-2-1-4-10(11)7-8-20-14(19)17-16-13(18)12-6-3-9-21-12/h1-6,9H,7-8H2,(H,16,18)(H,17,19). The molecule has 7 heteroatoms. The van der Waals surface area contributed by atoms with Crippen molar-refractivity contribution in [3.8, 4) is 0 Å². The SMILES string of the molecule is O=C(NNC(=O)c1cccs1)OCCc1ccccc1F. The Bertz CT molecular complexity index is 616. The number of thiophene rings is 1. The summed E-state index contributed by atoms with van der Waals surface area (Å²) in [5.41, 5.74) is 4.81. The number of hydrazine groups is 1. The predicted molar refractivity (Wildman–Crippen MR) is 76.4 cm³/mol. The summed E-state index contributed by atoms with van der Waals surface area (Å²) in [6.07, 6.45) is -0.532. The second kappa shape index (κ2) is 7.39. The summed E-state index contributed by atoms with van der Waals surface area (Å²) in [7, 11) is 0. The smallest absolute Gasteiger partial charge is 0.426 e. The van der Waals surface area contributed by atoms with Crippen LogP contribution in [-0.2, 0) is 11.2 Å². The molecule has 1 aromatic carbocycles. The topological polar surface area (TPSA) is 67.4 Å². The fraction of sp³-hybridized carbons (Fsp3) is 0.143.